The van der Waals surface area contributed by atoms with E-state index in [4.69, 9.17) is 15.4 Å². The third-order valence-electron chi connectivity index (χ3n) is 8.83. The Kier molecular flexibility index (Phi) is 5.34. The fourth-order valence-electron chi connectivity index (χ4n) is 7.34. The fourth-order valence-corrected chi connectivity index (χ4v) is 7.34. The third-order valence-corrected chi connectivity index (χ3v) is 8.83. The van der Waals surface area contributed by atoms with Gasteiger partial charge in [0.1, 0.15) is 18.5 Å². The average molecular weight is 408 g/mol. The van der Waals surface area contributed by atoms with Gasteiger partial charge in [-0.3, -0.25) is 4.79 Å². The molecule has 0 amide bonds. The van der Waals surface area contributed by atoms with Gasteiger partial charge in [0.15, 0.2) is 0 Å². The summed E-state index contributed by atoms with van der Waals surface area (Å²) in [5, 5.41) is 14.9. The first-order chi connectivity index (χ1) is 13.8. The van der Waals surface area contributed by atoms with Gasteiger partial charge in [0.25, 0.3) is 5.09 Å². The van der Waals surface area contributed by atoms with Gasteiger partial charge in [0, 0.05) is 18.4 Å². The summed E-state index contributed by atoms with van der Waals surface area (Å²) in [6, 6.07) is 0. The summed E-state index contributed by atoms with van der Waals surface area (Å²) in [4.78, 5) is 34.5. The number of carbonyl (C=O) groups excluding carboxylic acids is 1. The molecule has 2 N–H and O–H groups in total. The molecule has 4 aliphatic carbocycles. The van der Waals surface area contributed by atoms with Crippen molar-refractivity contribution in [1.82, 2.24) is 0 Å². The molecule has 4 fully saturated rings. The number of Topliss-reactive ketones (excluding diaryl/α,β-unsaturated/α-hetero) is 1. The normalized spacial score (nSPS) is 45.3. The number of hydrogen-bond acceptors (Lipinski definition) is 7. The van der Waals surface area contributed by atoms with E-state index in [1.54, 1.807) is 0 Å². The van der Waals surface area contributed by atoms with Gasteiger partial charge in [-0.25, -0.2) is 0 Å². The van der Waals surface area contributed by atoms with E-state index in [9.17, 15) is 14.9 Å². The molecule has 7 atom stereocenters. The van der Waals surface area contributed by atoms with Crippen LogP contribution in [0.25, 0.3) is 0 Å². The van der Waals surface area contributed by atoms with Gasteiger partial charge < -0.3 is 15.4 Å². The number of rotatable bonds is 5. The third kappa shape index (κ3) is 3.33. The Balaban J connectivity index is 1.63. The maximum absolute atomic E-state index is 12.6. The van der Waals surface area contributed by atoms with Gasteiger partial charge in [-0.2, -0.15) is 0 Å². The van der Waals surface area contributed by atoms with E-state index in [-0.39, 0.29) is 16.7 Å². The van der Waals surface area contributed by atoms with Crippen LogP contribution in [0.15, 0.2) is 5.16 Å². The summed E-state index contributed by atoms with van der Waals surface area (Å²) in [6.45, 7) is 5.20. The quantitative estimate of drug-likeness (QED) is 0.425. The lowest BCUT2D eigenvalue weighted by Gasteiger charge is -2.61. The molecule has 0 aromatic carbocycles. The number of nitrogens with zero attached hydrogens (tertiary/aromatic N) is 2. The van der Waals surface area contributed by atoms with Crippen LogP contribution in [0.1, 0.15) is 65.2 Å². The van der Waals surface area contributed by atoms with Gasteiger partial charge in [0.2, 0.25) is 0 Å². The van der Waals surface area contributed by atoms with Crippen LogP contribution in [0.5, 0.6) is 0 Å². The minimum atomic E-state index is -0.635. The highest BCUT2D eigenvalue weighted by molar-refractivity contribution is 5.87. The average Bonchev–Trinajstić information content (AvgIpc) is 2.97. The number of nitrogens with two attached hydrogens (primary N) is 1. The highest BCUT2D eigenvalue weighted by Crippen LogP contribution is 2.65. The zero-order chi connectivity index (χ0) is 20.8. The summed E-state index contributed by atoms with van der Waals surface area (Å²) in [5.74, 6) is 1.56. The number of hydrogen-bond donors (Lipinski definition) is 1. The molecule has 29 heavy (non-hydrogen) atoms. The minimum absolute atomic E-state index is 0.0382. The Morgan fingerprint density at radius 3 is 2.72 bits per heavy atom. The SMILES string of the molecule is C[C@]12CC/C(=N\OCCN)C[C@@H]1[C@@H](O[N+](=O)[O-])C[C@@H]1[C@@H]2CC[C@]2(C)C(=O)CC[C@@H]12. The molecule has 0 heterocycles. The molecule has 0 aliphatic heterocycles. The Hall–Kier alpha value is -1.70. The van der Waals surface area contributed by atoms with Crippen LogP contribution < -0.4 is 5.73 Å². The molecule has 162 valence electrons. The molecular weight excluding hydrogens is 374 g/mol. The van der Waals surface area contributed by atoms with Gasteiger partial charge in [-0.1, -0.05) is 19.0 Å². The number of oxime groups is 1. The molecule has 4 aliphatic rings. The Labute approximate surface area is 171 Å². The van der Waals surface area contributed by atoms with Crippen LogP contribution in [0.3, 0.4) is 0 Å². The van der Waals surface area contributed by atoms with Crippen LogP contribution in [-0.2, 0) is 14.5 Å². The molecule has 0 aromatic rings. The molecule has 0 unspecified atom stereocenters. The molecule has 8 heteroatoms. The number of ketones is 1. The second-order valence-corrected chi connectivity index (χ2v) is 9.99. The van der Waals surface area contributed by atoms with Gasteiger partial charge in [-0.15, -0.1) is 10.1 Å². The van der Waals surface area contributed by atoms with Crippen molar-refractivity contribution in [3.63, 3.8) is 0 Å². The van der Waals surface area contributed by atoms with E-state index in [2.05, 4.69) is 19.0 Å². The fraction of sp³-hybridized carbons (Fsp3) is 0.905. The molecule has 4 saturated carbocycles. The number of carbonyl (C=O) groups is 1. The standard InChI is InChI=1S/C21H33N3O5/c1-20-7-5-13(23-28-10-9-22)11-17(20)18(29-24(26)27)12-14-15-3-4-19(25)21(15,2)8-6-16(14)20/h14-18H,3-12,22H2,1-2H3/b23-13+/t14-,15-,16-,17+,18-,20+,21-/m0/s1. The van der Waals surface area contributed by atoms with E-state index >= 15 is 0 Å². The lowest BCUT2D eigenvalue weighted by molar-refractivity contribution is -0.772. The van der Waals surface area contributed by atoms with Crippen molar-refractivity contribution in [3.8, 4) is 0 Å². The molecule has 4 rings (SSSR count). The molecule has 8 nitrogen and oxygen atoms in total. The molecule has 0 bridgehead atoms. The second-order valence-electron chi connectivity index (χ2n) is 9.99. The minimum Gasteiger partial charge on any atom is -0.395 e. The smallest absolute Gasteiger partial charge is 0.294 e. The van der Waals surface area contributed by atoms with Gasteiger partial charge >= 0.3 is 0 Å². The van der Waals surface area contributed by atoms with E-state index in [0.29, 0.717) is 56.0 Å². The summed E-state index contributed by atoms with van der Waals surface area (Å²) in [5.41, 5.74) is 6.14. The van der Waals surface area contributed by atoms with E-state index < -0.39 is 11.2 Å². The van der Waals surface area contributed by atoms with Gasteiger partial charge in [-0.05, 0) is 74.0 Å². The zero-order valence-corrected chi connectivity index (χ0v) is 17.5. The lowest BCUT2D eigenvalue weighted by Crippen LogP contribution is -2.58. The van der Waals surface area contributed by atoms with E-state index in [1.807, 2.05) is 0 Å². The Morgan fingerprint density at radius 2 is 2.00 bits per heavy atom. The van der Waals surface area contributed by atoms with Crippen LogP contribution in [0.2, 0.25) is 0 Å². The second kappa shape index (κ2) is 7.52. The topological polar surface area (TPSA) is 117 Å². The lowest BCUT2D eigenvalue weighted by atomic mass is 9.44. The van der Waals surface area contributed by atoms with Crippen molar-refractivity contribution in [1.29, 1.82) is 0 Å². The largest absolute Gasteiger partial charge is 0.395 e. The van der Waals surface area contributed by atoms with Crippen LogP contribution in [0, 0.1) is 44.6 Å². The molecule has 0 aromatic heterocycles. The summed E-state index contributed by atoms with van der Waals surface area (Å²) in [7, 11) is 0. The van der Waals surface area contributed by atoms with E-state index in [0.717, 1.165) is 37.8 Å². The monoisotopic (exact) mass is 407 g/mol. The summed E-state index contributed by atoms with van der Waals surface area (Å²) >= 11 is 0. The van der Waals surface area contributed by atoms with Crippen molar-refractivity contribution < 1.29 is 19.6 Å². The zero-order valence-electron chi connectivity index (χ0n) is 17.5. The molecule has 0 spiro atoms. The van der Waals surface area contributed by atoms with E-state index in [1.165, 1.54) is 0 Å². The highest BCUT2D eigenvalue weighted by Gasteiger charge is 2.62. The summed E-state index contributed by atoms with van der Waals surface area (Å²) < 4.78 is 0. The highest BCUT2D eigenvalue weighted by atomic mass is 17.0. The first kappa shape index (κ1) is 20.6. The van der Waals surface area contributed by atoms with Gasteiger partial charge in [0.05, 0.1) is 5.71 Å². The van der Waals surface area contributed by atoms with Crippen molar-refractivity contribution in [3.05, 3.63) is 10.1 Å². The summed E-state index contributed by atoms with van der Waals surface area (Å²) in [6.07, 6.45) is 6.20. The van der Waals surface area contributed by atoms with Crippen LogP contribution in [0.4, 0.5) is 0 Å². The van der Waals surface area contributed by atoms with Crippen molar-refractivity contribution in [2.45, 2.75) is 71.3 Å². The van der Waals surface area contributed by atoms with Crippen molar-refractivity contribution >= 4 is 11.5 Å². The molecular formula is C21H33N3O5. The predicted molar refractivity (Wildman–Crippen MR) is 106 cm³/mol. The maximum Gasteiger partial charge on any atom is 0.294 e. The Morgan fingerprint density at radius 1 is 1.21 bits per heavy atom. The van der Waals surface area contributed by atoms with Crippen molar-refractivity contribution in [2.24, 2.45) is 45.4 Å². The first-order valence-corrected chi connectivity index (χ1v) is 11.0. The van der Waals surface area contributed by atoms with Crippen LogP contribution in [-0.4, -0.2) is 35.8 Å². The number of fused-ring (bicyclic) bond motifs is 5. The predicted octanol–water partition coefficient (Wildman–Crippen LogP) is 3.12. The Bertz CT molecular complexity index is 712. The molecule has 0 radical (unpaired) electrons. The maximum atomic E-state index is 12.6. The van der Waals surface area contributed by atoms with Crippen molar-refractivity contribution in [2.75, 3.05) is 13.2 Å². The molecule has 0 saturated heterocycles. The van der Waals surface area contributed by atoms with Crippen LogP contribution >= 0.6 is 0 Å². The first-order valence-electron chi connectivity index (χ1n) is 11.0.